The summed E-state index contributed by atoms with van der Waals surface area (Å²) >= 11 is 3.63. The number of aromatic nitrogens is 4. The topological polar surface area (TPSA) is 43.6 Å². The van der Waals surface area contributed by atoms with E-state index in [1.54, 1.807) is 0 Å². The Morgan fingerprint density at radius 1 is 0.317 bits per heavy atom. The van der Waals surface area contributed by atoms with Crippen LogP contribution in [0.3, 0.4) is 0 Å². The second-order valence-corrected chi connectivity index (χ2v) is 18.0. The molecule has 63 heavy (non-hydrogen) atoms. The van der Waals surface area contributed by atoms with Crippen LogP contribution in [0.1, 0.15) is 0 Å². The Morgan fingerprint density at radius 3 is 1.65 bits per heavy atom. The van der Waals surface area contributed by atoms with Crippen LogP contribution in [0.4, 0.5) is 0 Å². The first-order valence-electron chi connectivity index (χ1n) is 21.1. The normalized spacial score (nSPS) is 11.8. The fourth-order valence-electron chi connectivity index (χ4n) is 9.37. The Balaban J connectivity index is 0.996. The van der Waals surface area contributed by atoms with Crippen molar-refractivity contribution in [2.24, 2.45) is 0 Å². The molecule has 13 aromatic rings. The van der Waals surface area contributed by atoms with Crippen LogP contribution in [0, 0.1) is 0 Å². The highest BCUT2D eigenvalue weighted by Gasteiger charge is 2.21. The Morgan fingerprint density at radius 2 is 0.873 bits per heavy atom. The van der Waals surface area contributed by atoms with Gasteiger partial charge in [0.1, 0.15) is 0 Å². The quantitative estimate of drug-likeness (QED) is 0.168. The van der Waals surface area contributed by atoms with Gasteiger partial charge >= 0.3 is 0 Å². The van der Waals surface area contributed by atoms with E-state index >= 15 is 0 Å². The van der Waals surface area contributed by atoms with E-state index in [1.165, 1.54) is 79.0 Å². The number of fused-ring (bicyclic) bond motifs is 9. The van der Waals surface area contributed by atoms with Crippen LogP contribution in [0.15, 0.2) is 206 Å². The number of para-hydroxylation sites is 2. The van der Waals surface area contributed by atoms with Crippen molar-refractivity contribution in [3.63, 3.8) is 0 Å². The molecule has 0 bridgehead atoms. The van der Waals surface area contributed by atoms with Gasteiger partial charge in [-0.3, -0.25) is 0 Å². The molecule has 0 N–H and O–H groups in total. The van der Waals surface area contributed by atoms with E-state index in [9.17, 15) is 0 Å². The highest BCUT2D eigenvalue weighted by molar-refractivity contribution is 7.27. The third-order valence-corrected chi connectivity index (χ3v) is 14.7. The molecule has 4 nitrogen and oxygen atoms in total. The second kappa shape index (κ2) is 14.4. The largest absolute Gasteiger partial charge is 0.309 e. The Hall–Kier alpha value is -7.77. The monoisotopic (exact) mass is 838 g/mol. The number of hydrogen-bond acceptors (Lipinski definition) is 5. The van der Waals surface area contributed by atoms with Gasteiger partial charge in [-0.1, -0.05) is 152 Å². The van der Waals surface area contributed by atoms with E-state index in [1.807, 2.05) is 40.9 Å². The van der Waals surface area contributed by atoms with Crippen molar-refractivity contribution >= 4 is 84.8 Å². The molecular weight excluding hydrogens is 805 g/mol. The molecule has 0 saturated heterocycles. The van der Waals surface area contributed by atoms with Crippen LogP contribution >= 0.6 is 22.7 Å². The molecule has 4 aromatic heterocycles. The molecule has 0 unspecified atom stereocenters. The second-order valence-electron chi connectivity index (χ2n) is 15.9. The van der Waals surface area contributed by atoms with Gasteiger partial charge in [-0.15, -0.1) is 22.7 Å². The summed E-state index contributed by atoms with van der Waals surface area (Å²) in [5.74, 6) is 1.98. The minimum Gasteiger partial charge on any atom is -0.309 e. The molecular formula is C57H34N4S2. The molecule has 6 heteroatoms. The lowest BCUT2D eigenvalue weighted by atomic mass is 9.99. The summed E-state index contributed by atoms with van der Waals surface area (Å²) in [6, 6.07) is 73.7. The molecule has 294 valence electrons. The van der Waals surface area contributed by atoms with E-state index in [0.717, 1.165) is 27.8 Å². The lowest BCUT2D eigenvalue weighted by Crippen LogP contribution is -2.00. The summed E-state index contributed by atoms with van der Waals surface area (Å²) < 4.78 is 7.22. The highest BCUT2D eigenvalue weighted by Crippen LogP contribution is 2.45. The van der Waals surface area contributed by atoms with Crippen LogP contribution in [0.5, 0.6) is 0 Å². The molecule has 0 fully saturated rings. The first kappa shape index (κ1) is 35.9. The molecule has 0 aliphatic heterocycles. The van der Waals surface area contributed by atoms with Crippen molar-refractivity contribution in [3.05, 3.63) is 206 Å². The number of nitrogens with zero attached hydrogens (tertiary/aromatic N) is 4. The first-order chi connectivity index (χ1) is 31.2. The molecule has 0 aliphatic carbocycles. The zero-order valence-corrected chi connectivity index (χ0v) is 35.4. The maximum atomic E-state index is 5.39. The van der Waals surface area contributed by atoms with Gasteiger partial charge in [0.2, 0.25) is 0 Å². The summed E-state index contributed by atoms with van der Waals surface area (Å²) in [5.41, 5.74) is 11.3. The van der Waals surface area contributed by atoms with E-state index in [4.69, 9.17) is 15.0 Å². The van der Waals surface area contributed by atoms with Gasteiger partial charge in [0.25, 0.3) is 0 Å². The highest BCUT2D eigenvalue weighted by atomic mass is 32.1. The van der Waals surface area contributed by atoms with Crippen molar-refractivity contribution in [1.82, 2.24) is 19.5 Å². The minimum atomic E-state index is 0.652. The lowest BCUT2D eigenvalue weighted by Gasteiger charge is -2.10. The summed E-state index contributed by atoms with van der Waals surface area (Å²) in [7, 11) is 0. The third kappa shape index (κ3) is 5.83. The zero-order chi connectivity index (χ0) is 41.4. The molecule has 0 spiro atoms. The molecule has 0 radical (unpaired) electrons. The van der Waals surface area contributed by atoms with E-state index in [0.29, 0.717) is 17.5 Å². The zero-order valence-electron chi connectivity index (χ0n) is 33.7. The molecule has 4 heterocycles. The minimum absolute atomic E-state index is 0.652. The predicted octanol–water partition coefficient (Wildman–Crippen LogP) is 16.0. The molecule has 0 aliphatic rings. The predicted molar refractivity (Wildman–Crippen MR) is 267 cm³/mol. The summed E-state index contributed by atoms with van der Waals surface area (Å²) in [4.78, 5) is 15.9. The summed E-state index contributed by atoms with van der Waals surface area (Å²) in [6.45, 7) is 0. The van der Waals surface area contributed by atoms with Crippen molar-refractivity contribution in [3.8, 4) is 62.1 Å². The van der Waals surface area contributed by atoms with Crippen molar-refractivity contribution in [1.29, 1.82) is 0 Å². The lowest BCUT2D eigenvalue weighted by molar-refractivity contribution is 1.08. The van der Waals surface area contributed by atoms with Crippen LogP contribution in [-0.2, 0) is 0 Å². The number of benzene rings is 9. The van der Waals surface area contributed by atoms with Crippen molar-refractivity contribution < 1.29 is 0 Å². The van der Waals surface area contributed by atoms with Gasteiger partial charge in [0.15, 0.2) is 17.5 Å². The fourth-order valence-corrected chi connectivity index (χ4v) is 11.8. The third-order valence-electron chi connectivity index (χ3n) is 12.3. The number of hydrogen-bond donors (Lipinski definition) is 0. The van der Waals surface area contributed by atoms with Gasteiger partial charge in [-0.05, 0) is 76.9 Å². The Kier molecular flexibility index (Phi) is 8.22. The standard InChI is InChI=1S/C57H34N4S2/c1-4-15-35(16-5-1)40-22-12-23-42-43-24-13-26-45(54(43)63-53(40)42)57-59-55(36-17-6-2-7-18-36)58-56(60-57)44-25-14-28-51-52(44)47-34-38(30-32-50(47)62-51)37-29-31-49-46(33-37)41-21-10-11-27-48(41)61(49)39-19-8-3-9-20-39/h1-34H. The molecule has 13 rings (SSSR count). The number of rotatable bonds is 6. The van der Waals surface area contributed by atoms with E-state index < -0.39 is 0 Å². The fraction of sp³-hybridized carbons (Fsp3) is 0. The molecule has 0 saturated carbocycles. The van der Waals surface area contributed by atoms with E-state index in [-0.39, 0.29) is 0 Å². The van der Waals surface area contributed by atoms with Gasteiger partial charge < -0.3 is 4.57 Å². The molecule has 9 aromatic carbocycles. The maximum Gasteiger partial charge on any atom is 0.165 e. The van der Waals surface area contributed by atoms with Crippen LogP contribution in [0.2, 0.25) is 0 Å². The smallest absolute Gasteiger partial charge is 0.165 e. The average molecular weight is 839 g/mol. The van der Waals surface area contributed by atoms with Gasteiger partial charge in [0.05, 0.1) is 11.0 Å². The van der Waals surface area contributed by atoms with Crippen LogP contribution in [-0.4, -0.2) is 19.5 Å². The number of thiophene rings is 2. The SMILES string of the molecule is c1ccc(-c2nc(-c3cccc4c3sc3c(-c5ccccc5)cccc34)nc(-c3cccc4sc5ccc(-c6ccc7c(c6)c6ccccc6n7-c6ccccc6)cc5c34)n2)cc1. The van der Waals surface area contributed by atoms with Crippen molar-refractivity contribution in [2.45, 2.75) is 0 Å². The Labute approximate surface area is 370 Å². The average Bonchev–Trinajstić information content (AvgIpc) is 4.04. The summed E-state index contributed by atoms with van der Waals surface area (Å²) in [5, 5.41) is 7.27. The van der Waals surface area contributed by atoms with Crippen molar-refractivity contribution in [2.75, 3.05) is 0 Å². The van der Waals surface area contributed by atoms with Gasteiger partial charge in [0, 0.05) is 73.5 Å². The van der Waals surface area contributed by atoms with Crippen LogP contribution < -0.4 is 0 Å². The summed E-state index contributed by atoms with van der Waals surface area (Å²) in [6.07, 6.45) is 0. The van der Waals surface area contributed by atoms with Gasteiger partial charge in [-0.25, -0.2) is 15.0 Å². The molecule has 0 atom stereocenters. The van der Waals surface area contributed by atoms with Crippen LogP contribution in [0.25, 0.3) is 124 Å². The van der Waals surface area contributed by atoms with E-state index in [2.05, 4.69) is 193 Å². The maximum absolute atomic E-state index is 5.39. The molecule has 0 amide bonds. The first-order valence-corrected chi connectivity index (χ1v) is 22.7. The van der Waals surface area contributed by atoms with Gasteiger partial charge in [-0.2, -0.15) is 0 Å². The Bertz CT molecular complexity index is 3900.